The van der Waals surface area contributed by atoms with Crippen LogP contribution in [0.2, 0.25) is 0 Å². The Kier molecular flexibility index (Phi) is 6.47. The summed E-state index contributed by atoms with van der Waals surface area (Å²) in [5, 5.41) is 8.49. The maximum atomic E-state index is 11.0. The number of carboxylic acid groups (broad SMARTS) is 1. The number of phosphoric ester groups is 2. The van der Waals surface area contributed by atoms with E-state index >= 15 is 0 Å². The topological polar surface area (TPSA) is 217 Å². The van der Waals surface area contributed by atoms with Crippen molar-refractivity contribution in [2.24, 2.45) is 0 Å². The Morgan fingerprint density at radius 3 is 1.79 bits per heavy atom. The Balaban J connectivity index is 4.76. The van der Waals surface area contributed by atoms with Crippen molar-refractivity contribution in [2.75, 3.05) is 6.61 Å². The minimum absolute atomic E-state index is 1.37. The van der Waals surface area contributed by atoms with Gasteiger partial charge in [-0.05, 0) is 0 Å². The van der Waals surface area contributed by atoms with Gasteiger partial charge in [0.15, 0.2) is 6.10 Å². The van der Waals surface area contributed by atoms with Gasteiger partial charge in [0.25, 0.3) is 0 Å². The summed E-state index contributed by atoms with van der Waals surface area (Å²) in [7, 11) is -16.0. The molecule has 0 rings (SSSR count). The molecule has 13 nitrogen and oxygen atoms in total. The second kappa shape index (κ2) is 6.53. The Hall–Kier alpha value is -0.160. The van der Waals surface area contributed by atoms with Crippen molar-refractivity contribution < 1.29 is 61.4 Å². The molecule has 0 bridgehead atoms. The number of rotatable bonds is 8. The number of phosphoric acid groups is 3. The molecule has 0 amide bonds. The van der Waals surface area contributed by atoms with Crippen molar-refractivity contribution in [3.63, 3.8) is 0 Å². The first-order chi connectivity index (χ1) is 8.22. The van der Waals surface area contributed by atoms with Crippen LogP contribution < -0.4 is 0 Å². The summed E-state index contributed by atoms with van der Waals surface area (Å²) in [5.74, 6) is -1.99. The highest BCUT2D eigenvalue weighted by Gasteiger charge is 2.38. The highest BCUT2D eigenvalue weighted by molar-refractivity contribution is 7.60. The molecule has 0 aliphatic rings. The van der Waals surface area contributed by atoms with E-state index in [9.17, 15) is 18.5 Å². The van der Waals surface area contributed by atoms with Crippen molar-refractivity contribution in [1.82, 2.24) is 0 Å². The van der Waals surface area contributed by atoms with Crippen LogP contribution in [0.1, 0.15) is 0 Å². The molecule has 0 heterocycles. The van der Waals surface area contributed by atoms with Gasteiger partial charge in [0.1, 0.15) is 0 Å². The molecule has 114 valence electrons. The van der Waals surface area contributed by atoms with E-state index < -0.39 is 42.1 Å². The molecule has 0 aromatic rings. The summed E-state index contributed by atoms with van der Waals surface area (Å²) in [6.45, 7) is -1.37. The first kappa shape index (κ1) is 18.8. The van der Waals surface area contributed by atoms with Gasteiger partial charge in [0.2, 0.25) is 0 Å². The number of hydrogen-bond acceptors (Lipinski definition) is 7. The summed E-state index contributed by atoms with van der Waals surface area (Å²) < 4.78 is 42.3. The van der Waals surface area contributed by atoms with Crippen LogP contribution in [0.25, 0.3) is 0 Å². The Labute approximate surface area is 104 Å². The zero-order valence-electron chi connectivity index (χ0n) is 8.67. The fourth-order valence-electron chi connectivity index (χ4n) is 0.626. The first-order valence-corrected chi connectivity index (χ1v) is 8.48. The van der Waals surface area contributed by atoms with Gasteiger partial charge >= 0.3 is 29.4 Å². The van der Waals surface area contributed by atoms with E-state index in [-0.39, 0.29) is 0 Å². The van der Waals surface area contributed by atoms with Crippen molar-refractivity contribution in [1.29, 1.82) is 0 Å². The van der Waals surface area contributed by atoms with Crippen molar-refractivity contribution in [2.45, 2.75) is 6.10 Å². The van der Waals surface area contributed by atoms with E-state index in [1.807, 2.05) is 0 Å². The third-order valence-electron chi connectivity index (χ3n) is 1.14. The fraction of sp³-hybridized carbons (Fsp3) is 0.667. The lowest BCUT2D eigenvalue weighted by Crippen LogP contribution is -2.28. The van der Waals surface area contributed by atoms with Crippen LogP contribution in [0, 0.1) is 0 Å². The minimum Gasteiger partial charge on any atom is -0.479 e. The highest BCUT2D eigenvalue weighted by Crippen LogP contribution is 2.58. The third-order valence-corrected chi connectivity index (χ3v) is 3.82. The molecule has 0 aromatic carbocycles. The van der Waals surface area contributed by atoms with Crippen LogP contribution in [0.3, 0.4) is 0 Å². The molecule has 0 aliphatic heterocycles. The Bertz CT molecular complexity index is 456. The summed E-state index contributed by atoms with van der Waals surface area (Å²) in [6.07, 6.45) is -2.41. The van der Waals surface area contributed by atoms with Crippen molar-refractivity contribution >= 4 is 29.4 Å². The quantitative estimate of drug-likeness (QED) is 0.284. The van der Waals surface area contributed by atoms with Gasteiger partial charge in [0.05, 0.1) is 6.61 Å². The number of carbonyl (C=O) groups is 1. The normalized spacial score (nSPS) is 17.7. The van der Waals surface area contributed by atoms with Gasteiger partial charge in [-0.2, -0.15) is 4.31 Å². The molecule has 0 saturated heterocycles. The Morgan fingerprint density at radius 2 is 1.47 bits per heavy atom. The van der Waals surface area contributed by atoms with Crippen LogP contribution in [0.5, 0.6) is 0 Å². The fourth-order valence-corrected chi connectivity index (χ4v) is 2.66. The zero-order valence-corrected chi connectivity index (χ0v) is 11.4. The molecule has 6 N–H and O–H groups in total. The summed E-state index contributed by atoms with van der Waals surface area (Å²) in [5.41, 5.74) is 0. The summed E-state index contributed by atoms with van der Waals surface area (Å²) in [4.78, 5) is 52.4. The predicted octanol–water partition coefficient (Wildman–Crippen LogP) is -1.22. The largest absolute Gasteiger partial charge is 0.482 e. The van der Waals surface area contributed by atoms with Crippen LogP contribution in [0.15, 0.2) is 0 Å². The van der Waals surface area contributed by atoms with Gasteiger partial charge < -0.3 is 29.6 Å². The molecule has 0 aromatic heterocycles. The van der Waals surface area contributed by atoms with Gasteiger partial charge in [-0.25, -0.2) is 18.5 Å². The first-order valence-electron chi connectivity index (χ1n) is 3.93. The molecule has 0 aliphatic carbocycles. The molecule has 0 radical (unpaired) electrons. The molecule has 16 heteroatoms. The van der Waals surface area contributed by atoms with Crippen LogP contribution in [-0.4, -0.2) is 48.3 Å². The molecule has 0 spiro atoms. The van der Waals surface area contributed by atoms with Gasteiger partial charge in [-0.15, -0.1) is 0 Å². The molecule has 2 unspecified atom stereocenters. The SMILES string of the molecule is O=C(O)C(COP(=O)(O)O)OP(=O)(O)OP(=O)(O)O. The number of hydrogen-bond donors (Lipinski definition) is 6. The maximum absolute atomic E-state index is 11.0. The molecular formula is C3H9O13P3. The summed E-state index contributed by atoms with van der Waals surface area (Å²) in [6, 6.07) is 0. The lowest BCUT2D eigenvalue weighted by Gasteiger charge is -2.17. The average molecular weight is 346 g/mol. The highest BCUT2D eigenvalue weighted by atomic mass is 31.3. The molecular weight excluding hydrogens is 337 g/mol. The Morgan fingerprint density at radius 1 is 1.00 bits per heavy atom. The average Bonchev–Trinajstić information content (AvgIpc) is 2.05. The van der Waals surface area contributed by atoms with Gasteiger partial charge in [0, 0.05) is 0 Å². The van der Waals surface area contributed by atoms with Crippen molar-refractivity contribution in [3.05, 3.63) is 0 Å². The minimum atomic E-state index is -5.48. The van der Waals surface area contributed by atoms with E-state index in [4.69, 9.17) is 29.6 Å². The summed E-state index contributed by atoms with van der Waals surface area (Å²) >= 11 is 0. The predicted molar refractivity (Wildman–Crippen MR) is 53.5 cm³/mol. The molecule has 19 heavy (non-hydrogen) atoms. The lowest BCUT2D eigenvalue weighted by atomic mass is 10.4. The van der Waals surface area contributed by atoms with Gasteiger partial charge in [-0.1, -0.05) is 0 Å². The monoisotopic (exact) mass is 346 g/mol. The maximum Gasteiger partial charge on any atom is 0.482 e. The lowest BCUT2D eigenvalue weighted by molar-refractivity contribution is -0.147. The van der Waals surface area contributed by atoms with E-state index in [0.717, 1.165) is 0 Å². The molecule has 2 atom stereocenters. The molecule has 0 saturated carbocycles. The number of aliphatic carboxylic acids is 1. The van der Waals surface area contributed by atoms with Crippen LogP contribution in [0.4, 0.5) is 0 Å². The van der Waals surface area contributed by atoms with Crippen molar-refractivity contribution in [3.8, 4) is 0 Å². The second-order valence-electron chi connectivity index (χ2n) is 2.76. The van der Waals surface area contributed by atoms with E-state index in [2.05, 4.69) is 13.4 Å². The number of carboxylic acids is 1. The molecule has 0 fully saturated rings. The van der Waals surface area contributed by atoms with Crippen LogP contribution >= 0.6 is 23.5 Å². The standard InChI is InChI=1S/C3H9O13P3/c4-3(5)2(1-14-17(6,7)8)15-19(12,13)16-18(9,10)11/h2H,1H2,(H,4,5)(H,12,13)(H2,6,7,8)(H2,9,10,11). The van der Waals surface area contributed by atoms with E-state index in [0.29, 0.717) is 0 Å². The zero-order chi connectivity index (χ0) is 15.5. The van der Waals surface area contributed by atoms with E-state index in [1.54, 1.807) is 0 Å². The van der Waals surface area contributed by atoms with Gasteiger partial charge in [-0.3, -0.25) is 9.05 Å². The van der Waals surface area contributed by atoms with Crippen LogP contribution in [-0.2, 0) is 31.8 Å². The second-order valence-corrected chi connectivity index (χ2v) is 6.78. The third kappa shape index (κ3) is 10.3. The smallest absolute Gasteiger partial charge is 0.479 e. The van der Waals surface area contributed by atoms with E-state index in [1.165, 1.54) is 0 Å².